The second-order valence-electron chi connectivity index (χ2n) is 7.66. The quantitative estimate of drug-likeness (QED) is 0.636. The summed E-state index contributed by atoms with van der Waals surface area (Å²) in [6.07, 6.45) is 4.85. The van der Waals surface area contributed by atoms with Crippen LogP contribution in [0.1, 0.15) is 34.5 Å². The highest BCUT2D eigenvalue weighted by Crippen LogP contribution is 2.42. The summed E-state index contributed by atoms with van der Waals surface area (Å²) < 4.78 is 13.9. The van der Waals surface area contributed by atoms with E-state index in [1.165, 1.54) is 28.1 Å². The van der Waals surface area contributed by atoms with Crippen LogP contribution in [0.2, 0.25) is 0 Å². The molecule has 0 bridgehead atoms. The Bertz CT molecular complexity index is 1220. The number of halogens is 1. The molecule has 4 heterocycles. The van der Waals surface area contributed by atoms with E-state index in [1.807, 2.05) is 6.07 Å². The van der Waals surface area contributed by atoms with E-state index in [4.69, 9.17) is 0 Å². The molecule has 0 fully saturated rings. The molecule has 156 valence electrons. The van der Waals surface area contributed by atoms with Gasteiger partial charge in [0, 0.05) is 32.1 Å². The molecule has 8 nitrogen and oxygen atoms in total. The normalized spacial score (nSPS) is 20.2. The lowest BCUT2D eigenvalue weighted by Gasteiger charge is -2.37. The topological polar surface area (TPSA) is 82.5 Å². The van der Waals surface area contributed by atoms with Crippen molar-refractivity contribution in [3.05, 3.63) is 71.4 Å². The standard InChI is InChI=1S/C22H19FN6O2/c1-12-20(30)28(3)17-11-25-22(26-19(17)27(12)2)29-18(13-5-4-8-24-10-13)15-7-6-14(23)9-16(15)21(29)31/h4-12,18H,1-3H3/t12-,18?/m1/s1. The van der Waals surface area contributed by atoms with Gasteiger partial charge in [0.2, 0.25) is 11.9 Å². The number of amides is 2. The van der Waals surface area contributed by atoms with Crippen LogP contribution in [0.15, 0.2) is 48.9 Å². The van der Waals surface area contributed by atoms with E-state index in [9.17, 15) is 14.0 Å². The first-order valence-electron chi connectivity index (χ1n) is 9.79. The molecule has 1 aromatic carbocycles. The zero-order valence-corrected chi connectivity index (χ0v) is 17.2. The molecule has 2 aliphatic heterocycles. The Kier molecular flexibility index (Phi) is 4.21. The maximum atomic E-state index is 13.9. The molecule has 0 aliphatic carbocycles. The molecule has 3 aromatic rings. The number of aromatic nitrogens is 3. The van der Waals surface area contributed by atoms with Crippen LogP contribution < -0.4 is 14.7 Å². The monoisotopic (exact) mass is 418 g/mol. The lowest BCUT2D eigenvalue weighted by atomic mass is 9.99. The summed E-state index contributed by atoms with van der Waals surface area (Å²) in [5.41, 5.74) is 2.25. The Labute approximate surface area is 178 Å². The number of fused-ring (bicyclic) bond motifs is 2. The zero-order chi connectivity index (χ0) is 21.9. The summed E-state index contributed by atoms with van der Waals surface area (Å²) in [6, 6.07) is 6.87. The van der Waals surface area contributed by atoms with E-state index >= 15 is 0 Å². The Balaban J connectivity index is 1.67. The van der Waals surface area contributed by atoms with E-state index in [0.717, 1.165) is 5.56 Å². The third-order valence-corrected chi connectivity index (χ3v) is 5.93. The van der Waals surface area contributed by atoms with E-state index in [-0.39, 0.29) is 23.3 Å². The summed E-state index contributed by atoms with van der Waals surface area (Å²) in [5, 5.41) is 0. The molecule has 2 atom stereocenters. The highest BCUT2D eigenvalue weighted by atomic mass is 19.1. The van der Waals surface area contributed by atoms with Crippen LogP contribution in [0.3, 0.4) is 0 Å². The highest BCUT2D eigenvalue weighted by molar-refractivity contribution is 6.11. The van der Waals surface area contributed by atoms with Gasteiger partial charge >= 0.3 is 0 Å². The van der Waals surface area contributed by atoms with Crippen molar-refractivity contribution in [1.29, 1.82) is 0 Å². The summed E-state index contributed by atoms with van der Waals surface area (Å²) in [6.45, 7) is 1.79. The minimum Gasteiger partial charge on any atom is -0.346 e. The number of hydrogen-bond acceptors (Lipinski definition) is 6. The van der Waals surface area contributed by atoms with Crippen molar-refractivity contribution in [3.63, 3.8) is 0 Å². The first-order chi connectivity index (χ1) is 14.9. The van der Waals surface area contributed by atoms with Gasteiger partial charge in [-0.1, -0.05) is 12.1 Å². The molecule has 9 heteroatoms. The second kappa shape index (κ2) is 6.83. The van der Waals surface area contributed by atoms with Crippen LogP contribution in [-0.4, -0.2) is 46.9 Å². The molecule has 2 aromatic heterocycles. The Hall–Kier alpha value is -3.88. The average Bonchev–Trinajstić information content (AvgIpc) is 3.08. The van der Waals surface area contributed by atoms with Crippen molar-refractivity contribution in [2.45, 2.75) is 19.0 Å². The first-order valence-corrected chi connectivity index (χ1v) is 9.79. The van der Waals surface area contributed by atoms with Gasteiger partial charge in [-0.2, -0.15) is 4.98 Å². The van der Waals surface area contributed by atoms with Crippen molar-refractivity contribution in [2.75, 3.05) is 28.8 Å². The largest absolute Gasteiger partial charge is 0.346 e. The molecule has 1 unspecified atom stereocenters. The Morgan fingerprint density at radius 3 is 2.65 bits per heavy atom. The van der Waals surface area contributed by atoms with Crippen molar-refractivity contribution in [1.82, 2.24) is 15.0 Å². The minimum atomic E-state index is -0.541. The number of benzene rings is 1. The fourth-order valence-corrected chi connectivity index (χ4v) is 4.13. The third-order valence-electron chi connectivity index (χ3n) is 5.93. The van der Waals surface area contributed by atoms with Gasteiger partial charge in [0.15, 0.2) is 5.82 Å². The lowest BCUT2D eigenvalue weighted by molar-refractivity contribution is -0.119. The summed E-state index contributed by atoms with van der Waals surface area (Å²) in [5.74, 6) is -0.228. The number of likely N-dealkylation sites (N-methyl/N-ethyl adjacent to an activating group) is 2. The highest BCUT2D eigenvalue weighted by Gasteiger charge is 2.42. The minimum absolute atomic E-state index is 0.0697. The van der Waals surface area contributed by atoms with Gasteiger partial charge in [0.25, 0.3) is 5.91 Å². The molecular weight excluding hydrogens is 399 g/mol. The van der Waals surface area contributed by atoms with Crippen LogP contribution in [-0.2, 0) is 4.79 Å². The maximum absolute atomic E-state index is 13.9. The van der Waals surface area contributed by atoms with Crippen molar-refractivity contribution in [2.24, 2.45) is 0 Å². The SMILES string of the molecule is C[C@@H]1C(=O)N(C)c2cnc(N3C(=O)c4cc(F)ccc4C3c3cccnc3)nc2N1C. The van der Waals surface area contributed by atoms with E-state index in [2.05, 4.69) is 15.0 Å². The fourth-order valence-electron chi connectivity index (χ4n) is 4.13. The molecule has 31 heavy (non-hydrogen) atoms. The Morgan fingerprint density at radius 2 is 1.90 bits per heavy atom. The summed E-state index contributed by atoms with van der Waals surface area (Å²) in [4.78, 5) is 43.7. The van der Waals surface area contributed by atoms with Gasteiger partial charge in [-0.15, -0.1) is 0 Å². The molecule has 2 aliphatic rings. The number of anilines is 3. The molecule has 0 radical (unpaired) electrons. The van der Waals surface area contributed by atoms with E-state index in [1.54, 1.807) is 50.4 Å². The van der Waals surface area contributed by atoms with Gasteiger partial charge < -0.3 is 9.80 Å². The number of pyridine rings is 1. The lowest BCUT2D eigenvalue weighted by Crippen LogP contribution is -2.49. The van der Waals surface area contributed by atoms with Gasteiger partial charge in [-0.05, 0) is 36.2 Å². The molecule has 0 N–H and O–H groups in total. The van der Waals surface area contributed by atoms with E-state index < -0.39 is 17.9 Å². The number of nitrogens with zero attached hydrogens (tertiary/aromatic N) is 6. The van der Waals surface area contributed by atoms with Crippen LogP contribution in [0.4, 0.5) is 21.8 Å². The Morgan fingerprint density at radius 1 is 1.10 bits per heavy atom. The molecule has 5 rings (SSSR count). The second-order valence-corrected chi connectivity index (χ2v) is 7.66. The number of rotatable bonds is 2. The van der Waals surface area contributed by atoms with Crippen LogP contribution >= 0.6 is 0 Å². The van der Waals surface area contributed by atoms with E-state index in [0.29, 0.717) is 17.1 Å². The third kappa shape index (κ3) is 2.77. The fraction of sp³-hybridized carbons (Fsp3) is 0.227. The van der Waals surface area contributed by atoms with Crippen molar-refractivity contribution < 1.29 is 14.0 Å². The average molecular weight is 418 g/mol. The molecule has 0 spiro atoms. The molecule has 2 amide bonds. The predicted octanol–water partition coefficient (Wildman–Crippen LogP) is 2.56. The van der Waals surface area contributed by atoms with Crippen LogP contribution in [0.25, 0.3) is 0 Å². The van der Waals surface area contributed by atoms with Gasteiger partial charge in [-0.3, -0.25) is 19.5 Å². The smallest absolute Gasteiger partial charge is 0.261 e. The maximum Gasteiger partial charge on any atom is 0.261 e. The van der Waals surface area contributed by atoms with Crippen molar-refractivity contribution in [3.8, 4) is 0 Å². The van der Waals surface area contributed by atoms with Crippen LogP contribution in [0.5, 0.6) is 0 Å². The van der Waals surface area contributed by atoms with Gasteiger partial charge in [-0.25, -0.2) is 9.37 Å². The van der Waals surface area contributed by atoms with Gasteiger partial charge in [0.1, 0.15) is 17.5 Å². The summed E-state index contributed by atoms with van der Waals surface area (Å²) >= 11 is 0. The van der Waals surface area contributed by atoms with Crippen LogP contribution in [0, 0.1) is 5.82 Å². The molecule has 0 saturated heterocycles. The first kappa shape index (κ1) is 19.1. The predicted molar refractivity (Wildman–Crippen MR) is 113 cm³/mol. The zero-order valence-electron chi connectivity index (χ0n) is 17.2. The number of carbonyl (C=O) groups is 2. The number of carbonyl (C=O) groups excluding carboxylic acids is 2. The van der Waals surface area contributed by atoms with Crippen molar-refractivity contribution >= 4 is 29.3 Å². The van der Waals surface area contributed by atoms with Gasteiger partial charge in [0.05, 0.1) is 12.2 Å². The summed E-state index contributed by atoms with van der Waals surface area (Å²) in [7, 11) is 3.45. The number of hydrogen-bond donors (Lipinski definition) is 0. The molecular formula is C22H19FN6O2. The molecule has 0 saturated carbocycles.